The summed E-state index contributed by atoms with van der Waals surface area (Å²) < 4.78 is 0. The van der Waals surface area contributed by atoms with Gasteiger partial charge >= 0.3 is 0 Å². The Labute approximate surface area is 114 Å². The molecular weight excluding hydrogens is 260 g/mol. The van der Waals surface area contributed by atoms with E-state index in [-0.39, 0.29) is 17.3 Å². The number of nitrogens with zero attached hydrogens (tertiary/aromatic N) is 1. The fourth-order valence-corrected chi connectivity index (χ4v) is 1.63. The molecule has 0 saturated carbocycles. The van der Waals surface area contributed by atoms with Gasteiger partial charge in [-0.1, -0.05) is 12.1 Å². The van der Waals surface area contributed by atoms with Crippen molar-refractivity contribution in [2.45, 2.75) is 6.54 Å². The molecule has 0 aliphatic carbocycles. The summed E-state index contributed by atoms with van der Waals surface area (Å²) in [6, 6.07) is 11.9. The highest BCUT2D eigenvalue weighted by atomic mass is 16.6. The molecule has 0 heterocycles. The van der Waals surface area contributed by atoms with E-state index in [9.17, 15) is 14.9 Å². The van der Waals surface area contributed by atoms with Crippen LogP contribution in [-0.2, 0) is 6.54 Å². The lowest BCUT2D eigenvalue weighted by Crippen LogP contribution is -2.22. The number of hydrogen-bond acceptors (Lipinski definition) is 4. The maximum Gasteiger partial charge on any atom is 0.269 e. The molecule has 2 aromatic carbocycles. The van der Waals surface area contributed by atoms with Crippen LogP contribution in [0.4, 0.5) is 5.69 Å². The molecule has 6 nitrogen and oxygen atoms in total. The van der Waals surface area contributed by atoms with Crippen molar-refractivity contribution in [3.8, 4) is 5.75 Å². The minimum absolute atomic E-state index is 0.0555. The lowest BCUT2D eigenvalue weighted by atomic mass is 10.2. The zero-order valence-corrected chi connectivity index (χ0v) is 10.4. The molecule has 0 aromatic heterocycles. The van der Waals surface area contributed by atoms with E-state index in [4.69, 9.17) is 5.11 Å². The number of carbonyl (C=O) groups is 1. The lowest BCUT2D eigenvalue weighted by molar-refractivity contribution is -0.384. The van der Waals surface area contributed by atoms with Gasteiger partial charge in [0.25, 0.3) is 11.6 Å². The minimum atomic E-state index is -0.516. The molecule has 2 rings (SSSR count). The molecule has 0 fully saturated rings. The second-order valence-electron chi connectivity index (χ2n) is 4.15. The topological polar surface area (TPSA) is 92.5 Å². The summed E-state index contributed by atoms with van der Waals surface area (Å²) in [4.78, 5) is 21.8. The summed E-state index contributed by atoms with van der Waals surface area (Å²) in [6.45, 7) is 0.316. The minimum Gasteiger partial charge on any atom is -0.508 e. The summed E-state index contributed by atoms with van der Waals surface area (Å²) >= 11 is 0. The highest BCUT2D eigenvalue weighted by Gasteiger charge is 2.09. The Bertz CT molecular complexity index is 621. The van der Waals surface area contributed by atoms with E-state index in [0.29, 0.717) is 12.1 Å². The number of nitro groups is 1. The quantitative estimate of drug-likeness (QED) is 0.659. The van der Waals surface area contributed by atoms with E-state index < -0.39 is 4.92 Å². The standard InChI is InChI=1S/C14H12N2O4/c17-13-7-1-10(2-8-13)9-15-14(18)11-3-5-12(6-4-11)16(19)20/h1-8,17H,9H2,(H,15,18). The Morgan fingerprint density at radius 3 is 2.25 bits per heavy atom. The molecule has 2 N–H and O–H groups in total. The van der Waals surface area contributed by atoms with Gasteiger partial charge in [-0.3, -0.25) is 14.9 Å². The van der Waals surface area contributed by atoms with Crippen molar-refractivity contribution in [1.82, 2.24) is 5.32 Å². The van der Waals surface area contributed by atoms with E-state index in [1.54, 1.807) is 12.1 Å². The maximum atomic E-state index is 11.8. The second-order valence-corrected chi connectivity index (χ2v) is 4.15. The molecule has 0 saturated heterocycles. The Morgan fingerprint density at radius 2 is 1.70 bits per heavy atom. The van der Waals surface area contributed by atoms with E-state index in [2.05, 4.69) is 5.32 Å². The van der Waals surface area contributed by atoms with Crippen LogP contribution in [0.5, 0.6) is 5.75 Å². The Hall–Kier alpha value is -2.89. The average Bonchev–Trinajstić information content (AvgIpc) is 2.46. The molecule has 20 heavy (non-hydrogen) atoms. The third-order valence-corrected chi connectivity index (χ3v) is 2.73. The molecule has 0 aliphatic rings. The predicted molar refractivity (Wildman–Crippen MR) is 72.4 cm³/mol. The van der Waals surface area contributed by atoms with Gasteiger partial charge in [0, 0.05) is 24.2 Å². The molecule has 0 radical (unpaired) electrons. The molecule has 0 bridgehead atoms. The van der Waals surface area contributed by atoms with Gasteiger partial charge in [-0.2, -0.15) is 0 Å². The number of hydrogen-bond donors (Lipinski definition) is 2. The van der Waals surface area contributed by atoms with Crippen LogP contribution >= 0.6 is 0 Å². The molecule has 2 aromatic rings. The lowest BCUT2D eigenvalue weighted by Gasteiger charge is -2.05. The first-order valence-corrected chi connectivity index (χ1v) is 5.87. The summed E-state index contributed by atoms with van der Waals surface area (Å²) in [7, 11) is 0. The van der Waals surface area contributed by atoms with Crippen LogP contribution in [0.25, 0.3) is 0 Å². The third kappa shape index (κ3) is 3.32. The molecule has 0 aliphatic heterocycles. The summed E-state index contributed by atoms with van der Waals surface area (Å²) in [6.07, 6.45) is 0. The SMILES string of the molecule is O=C(NCc1ccc(O)cc1)c1ccc([N+](=O)[O-])cc1. The number of aromatic hydroxyl groups is 1. The molecule has 0 atom stereocenters. The van der Waals surface area contributed by atoms with E-state index in [1.807, 2.05) is 0 Å². The highest BCUT2D eigenvalue weighted by Crippen LogP contribution is 2.12. The molecule has 1 amide bonds. The first-order chi connectivity index (χ1) is 9.56. The predicted octanol–water partition coefficient (Wildman–Crippen LogP) is 2.23. The first kappa shape index (κ1) is 13.5. The molecule has 0 spiro atoms. The van der Waals surface area contributed by atoms with Crippen LogP contribution in [0.15, 0.2) is 48.5 Å². The average molecular weight is 272 g/mol. The van der Waals surface area contributed by atoms with Gasteiger partial charge in [-0.25, -0.2) is 0 Å². The monoisotopic (exact) mass is 272 g/mol. The van der Waals surface area contributed by atoms with E-state index in [1.165, 1.54) is 36.4 Å². The van der Waals surface area contributed by atoms with Crippen LogP contribution in [0.3, 0.4) is 0 Å². The normalized spacial score (nSPS) is 10.0. The third-order valence-electron chi connectivity index (χ3n) is 2.73. The van der Waals surface area contributed by atoms with Gasteiger partial charge in [0.1, 0.15) is 5.75 Å². The van der Waals surface area contributed by atoms with Crippen LogP contribution in [0, 0.1) is 10.1 Å². The van der Waals surface area contributed by atoms with Crippen LogP contribution < -0.4 is 5.32 Å². The van der Waals surface area contributed by atoms with Crippen molar-refractivity contribution in [3.63, 3.8) is 0 Å². The smallest absolute Gasteiger partial charge is 0.269 e. The fraction of sp³-hybridized carbons (Fsp3) is 0.0714. The van der Waals surface area contributed by atoms with Gasteiger partial charge in [0.2, 0.25) is 0 Å². The Morgan fingerprint density at radius 1 is 1.10 bits per heavy atom. The van der Waals surface area contributed by atoms with Crippen molar-refractivity contribution in [2.24, 2.45) is 0 Å². The summed E-state index contributed by atoms with van der Waals surface area (Å²) in [5.41, 5.74) is 1.15. The van der Waals surface area contributed by atoms with Crippen molar-refractivity contribution in [2.75, 3.05) is 0 Å². The van der Waals surface area contributed by atoms with Gasteiger partial charge < -0.3 is 10.4 Å². The highest BCUT2D eigenvalue weighted by molar-refractivity contribution is 5.94. The van der Waals surface area contributed by atoms with Crippen molar-refractivity contribution in [1.29, 1.82) is 0 Å². The van der Waals surface area contributed by atoms with Crippen LogP contribution in [-0.4, -0.2) is 15.9 Å². The number of amides is 1. The molecule has 102 valence electrons. The number of nitrogens with one attached hydrogen (secondary N) is 1. The largest absolute Gasteiger partial charge is 0.508 e. The summed E-state index contributed by atoms with van der Waals surface area (Å²) in [5, 5.41) is 22.3. The molecule has 0 unspecified atom stereocenters. The van der Waals surface area contributed by atoms with E-state index >= 15 is 0 Å². The van der Waals surface area contributed by atoms with Gasteiger partial charge in [0.05, 0.1) is 4.92 Å². The Balaban J connectivity index is 1.97. The number of nitro benzene ring substituents is 1. The van der Waals surface area contributed by atoms with Crippen molar-refractivity contribution < 1.29 is 14.8 Å². The Kier molecular flexibility index (Phi) is 3.95. The van der Waals surface area contributed by atoms with Gasteiger partial charge in [-0.05, 0) is 29.8 Å². The zero-order chi connectivity index (χ0) is 14.5. The van der Waals surface area contributed by atoms with Crippen molar-refractivity contribution >= 4 is 11.6 Å². The van der Waals surface area contributed by atoms with Crippen molar-refractivity contribution in [3.05, 3.63) is 69.8 Å². The number of carbonyl (C=O) groups excluding carboxylic acids is 1. The summed E-state index contributed by atoms with van der Waals surface area (Å²) in [5.74, 6) is -0.150. The van der Waals surface area contributed by atoms with Gasteiger partial charge in [-0.15, -0.1) is 0 Å². The van der Waals surface area contributed by atoms with Crippen LogP contribution in [0.2, 0.25) is 0 Å². The number of non-ortho nitro benzene ring substituents is 1. The second kappa shape index (κ2) is 5.83. The van der Waals surface area contributed by atoms with E-state index in [0.717, 1.165) is 5.56 Å². The zero-order valence-electron chi connectivity index (χ0n) is 10.4. The molecule has 6 heteroatoms. The first-order valence-electron chi connectivity index (χ1n) is 5.87. The van der Waals surface area contributed by atoms with Crippen LogP contribution in [0.1, 0.15) is 15.9 Å². The number of rotatable bonds is 4. The van der Waals surface area contributed by atoms with Gasteiger partial charge in [0.15, 0.2) is 0 Å². The molecular formula is C14H12N2O4. The number of phenolic OH excluding ortho intramolecular Hbond substituents is 1. The fourth-order valence-electron chi connectivity index (χ4n) is 1.63. The maximum absolute atomic E-state index is 11.8. The number of benzene rings is 2. The number of phenols is 1.